The third-order valence-electron chi connectivity index (χ3n) is 4.78. The fourth-order valence-corrected chi connectivity index (χ4v) is 3.33. The zero-order chi connectivity index (χ0) is 18.6. The summed E-state index contributed by atoms with van der Waals surface area (Å²) in [6, 6.07) is 7.14. The highest BCUT2D eigenvalue weighted by molar-refractivity contribution is 5.90. The number of amides is 2. The van der Waals surface area contributed by atoms with Crippen LogP contribution in [0.1, 0.15) is 12.8 Å². The molecule has 0 saturated carbocycles. The Morgan fingerprint density at radius 2 is 1.96 bits per heavy atom. The number of nitrogens with one attached hydrogen (secondary N) is 2. The van der Waals surface area contributed by atoms with Crippen molar-refractivity contribution in [1.29, 1.82) is 0 Å². The van der Waals surface area contributed by atoms with Crippen LogP contribution < -0.4 is 15.5 Å². The van der Waals surface area contributed by atoms with Gasteiger partial charge in [0.15, 0.2) is 0 Å². The van der Waals surface area contributed by atoms with Gasteiger partial charge in [-0.2, -0.15) is 0 Å². The van der Waals surface area contributed by atoms with E-state index < -0.39 is 0 Å². The lowest BCUT2D eigenvalue weighted by molar-refractivity contribution is -0.134. The molecule has 0 aromatic carbocycles. The first-order valence-electron chi connectivity index (χ1n) is 9.02. The van der Waals surface area contributed by atoms with E-state index in [0.29, 0.717) is 44.8 Å². The summed E-state index contributed by atoms with van der Waals surface area (Å²) in [5.74, 6) is 2.17. The normalized spacial score (nSPS) is 19.7. The predicted octanol–water partition coefficient (Wildman–Crippen LogP) is 0.542. The Kier molecular flexibility index (Phi) is 4.82. The molecule has 2 N–H and O–H groups in total. The maximum absolute atomic E-state index is 12.5. The Morgan fingerprint density at radius 1 is 1.11 bits per heavy atom. The third kappa shape index (κ3) is 3.97. The van der Waals surface area contributed by atoms with Crippen molar-refractivity contribution >= 4 is 29.3 Å². The standard InChI is InChI=1S/C18H21N7O2/c26-17-5-4-13(22-17)18(27)25-9-7-24(8-10-25)16-11-15(20-12-21-16)23-14-3-1-2-6-19-14/h1-3,6,11-13H,4-5,7-10H2,(H,22,26)(H,19,20,21,23). The second kappa shape index (κ2) is 7.56. The van der Waals surface area contributed by atoms with Crippen LogP contribution in [0, 0.1) is 0 Å². The van der Waals surface area contributed by atoms with Crippen LogP contribution in [0.2, 0.25) is 0 Å². The smallest absolute Gasteiger partial charge is 0.245 e. The van der Waals surface area contributed by atoms with E-state index in [0.717, 1.165) is 11.6 Å². The molecule has 0 bridgehead atoms. The lowest BCUT2D eigenvalue weighted by Gasteiger charge is -2.36. The maximum atomic E-state index is 12.5. The average molecular weight is 367 g/mol. The van der Waals surface area contributed by atoms with E-state index in [1.807, 2.05) is 29.2 Å². The van der Waals surface area contributed by atoms with E-state index in [1.54, 1.807) is 6.20 Å². The largest absolute Gasteiger partial charge is 0.353 e. The van der Waals surface area contributed by atoms with Crippen molar-refractivity contribution in [2.75, 3.05) is 36.4 Å². The summed E-state index contributed by atoms with van der Waals surface area (Å²) in [7, 11) is 0. The van der Waals surface area contributed by atoms with Gasteiger partial charge in [0.1, 0.15) is 29.8 Å². The molecular weight excluding hydrogens is 346 g/mol. The van der Waals surface area contributed by atoms with Crippen molar-refractivity contribution in [2.24, 2.45) is 0 Å². The van der Waals surface area contributed by atoms with Gasteiger partial charge in [0.05, 0.1) is 0 Å². The van der Waals surface area contributed by atoms with Crippen molar-refractivity contribution in [3.05, 3.63) is 36.8 Å². The van der Waals surface area contributed by atoms with Gasteiger partial charge < -0.3 is 20.4 Å². The summed E-state index contributed by atoms with van der Waals surface area (Å²) in [5.41, 5.74) is 0. The van der Waals surface area contributed by atoms with E-state index in [2.05, 4.69) is 30.5 Å². The molecule has 2 aromatic heterocycles. The van der Waals surface area contributed by atoms with Crippen molar-refractivity contribution in [2.45, 2.75) is 18.9 Å². The van der Waals surface area contributed by atoms with Crippen LogP contribution in [-0.4, -0.2) is 63.9 Å². The molecule has 1 atom stereocenters. The highest BCUT2D eigenvalue weighted by Crippen LogP contribution is 2.19. The predicted molar refractivity (Wildman–Crippen MR) is 99.5 cm³/mol. The topological polar surface area (TPSA) is 103 Å². The molecule has 2 aliphatic rings. The molecule has 140 valence electrons. The van der Waals surface area contributed by atoms with E-state index in [4.69, 9.17) is 0 Å². The fraction of sp³-hybridized carbons (Fsp3) is 0.389. The lowest BCUT2D eigenvalue weighted by atomic mass is 10.2. The Balaban J connectivity index is 1.36. The number of anilines is 3. The number of pyridine rings is 1. The van der Waals surface area contributed by atoms with Gasteiger partial charge in [0, 0.05) is 44.9 Å². The first-order valence-corrected chi connectivity index (χ1v) is 9.02. The zero-order valence-electron chi connectivity index (χ0n) is 14.8. The Bertz CT molecular complexity index is 821. The monoisotopic (exact) mass is 367 g/mol. The molecule has 9 nitrogen and oxygen atoms in total. The quantitative estimate of drug-likeness (QED) is 0.813. The Labute approximate surface area is 156 Å². The summed E-state index contributed by atoms with van der Waals surface area (Å²) < 4.78 is 0. The second-order valence-corrected chi connectivity index (χ2v) is 6.57. The van der Waals surface area contributed by atoms with Crippen molar-refractivity contribution in [3.8, 4) is 0 Å². The lowest BCUT2D eigenvalue weighted by Crippen LogP contribution is -2.53. The SMILES string of the molecule is O=C1CCC(C(=O)N2CCN(c3cc(Nc4ccccn4)ncn3)CC2)N1. The van der Waals surface area contributed by atoms with Crippen LogP contribution in [0.15, 0.2) is 36.8 Å². The molecule has 9 heteroatoms. The first-order chi connectivity index (χ1) is 13.2. The summed E-state index contributed by atoms with van der Waals surface area (Å²) in [6.07, 6.45) is 4.26. The van der Waals surface area contributed by atoms with Crippen molar-refractivity contribution < 1.29 is 9.59 Å². The number of nitrogens with zero attached hydrogens (tertiary/aromatic N) is 5. The second-order valence-electron chi connectivity index (χ2n) is 6.57. The Morgan fingerprint density at radius 3 is 2.67 bits per heavy atom. The van der Waals surface area contributed by atoms with E-state index >= 15 is 0 Å². The van der Waals surface area contributed by atoms with Gasteiger partial charge in [-0.15, -0.1) is 0 Å². The van der Waals surface area contributed by atoms with Crippen LogP contribution in [-0.2, 0) is 9.59 Å². The highest BCUT2D eigenvalue weighted by Gasteiger charge is 2.32. The number of rotatable bonds is 4. The number of piperazine rings is 1. The minimum absolute atomic E-state index is 0.0145. The zero-order valence-corrected chi connectivity index (χ0v) is 14.8. The van der Waals surface area contributed by atoms with Gasteiger partial charge in [-0.05, 0) is 18.6 Å². The molecule has 4 heterocycles. The van der Waals surface area contributed by atoms with Crippen LogP contribution in [0.4, 0.5) is 17.5 Å². The van der Waals surface area contributed by atoms with Crippen molar-refractivity contribution in [3.63, 3.8) is 0 Å². The van der Waals surface area contributed by atoms with Crippen LogP contribution >= 0.6 is 0 Å². The summed E-state index contributed by atoms with van der Waals surface area (Å²) in [5, 5.41) is 5.90. The first kappa shape index (κ1) is 17.2. The van der Waals surface area contributed by atoms with Crippen LogP contribution in [0.5, 0.6) is 0 Å². The van der Waals surface area contributed by atoms with E-state index in [9.17, 15) is 9.59 Å². The molecule has 0 radical (unpaired) electrons. The molecular formula is C18H21N7O2. The van der Waals surface area contributed by atoms with Crippen LogP contribution in [0.25, 0.3) is 0 Å². The van der Waals surface area contributed by atoms with Gasteiger partial charge in [0.2, 0.25) is 11.8 Å². The van der Waals surface area contributed by atoms with E-state index in [1.165, 1.54) is 6.33 Å². The molecule has 27 heavy (non-hydrogen) atoms. The Hall–Kier alpha value is -3.23. The van der Waals surface area contributed by atoms with E-state index in [-0.39, 0.29) is 17.9 Å². The molecule has 0 aliphatic carbocycles. The highest BCUT2D eigenvalue weighted by atomic mass is 16.2. The molecule has 2 aliphatic heterocycles. The van der Waals surface area contributed by atoms with Gasteiger partial charge >= 0.3 is 0 Å². The summed E-state index contributed by atoms with van der Waals surface area (Å²) in [4.78, 5) is 40.6. The number of carbonyl (C=O) groups is 2. The fourth-order valence-electron chi connectivity index (χ4n) is 3.33. The minimum atomic E-state index is -0.364. The molecule has 0 spiro atoms. The van der Waals surface area contributed by atoms with Gasteiger partial charge in [-0.3, -0.25) is 9.59 Å². The maximum Gasteiger partial charge on any atom is 0.245 e. The van der Waals surface area contributed by atoms with Gasteiger partial charge in [0.25, 0.3) is 0 Å². The summed E-state index contributed by atoms with van der Waals surface area (Å²) in [6.45, 7) is 2.59. The molecule has 2 amide bonds. The minimum Gasteiger partial charge on any atom is -0.353 e. The molecule has 4 rings (SSSR count). The summed E-state index contributed by atoms with van der Waals surface area (Å²) >= 11 is 0. The van der Waals surface area contributed by atoms with Crippen molar-refractivity contribution in [1.82, 2.24) is 25.2 Å². The third-order valence-corrected chi connectivity index (χ3v) is 4.78. The van der Waals surface area contributed by atoms with Gasteiger partial charge in [-0.25, -0.2) is 15.0 Å². The number of hydrogen-bond donors (Lipinski definition) is 2. The number of carbonyl (C=O) groups excluding carboxylic acids is 2. The molecule has 2 saturated heterocycles. The molecule has 1 unspecified atom stereocenters. The van der Waals surface area contributed by atoms with Crippen LogP contribution in [0.3, 0.4) is 0 Å². The average Bonchev–Trinajstić information content (AvgIpc) is 3.15. The molecule has 2 fully saturated rings. The van der Waals surface area contributed by atoms with Gasteiger partial charge in [-0.1, -0.05) is 6.07 Å². The number of hydrogen-bond acceptors (Lipinski definition) is 7. The number of aromatic nitrogens is 3. The molecule has 2 aromatic rings.